The van der Waals surface area contributed by atoms with E-state index in [9.17, 15) is 9.50 Å². The smallest absolute Gasteiger partial charge is 0.229 e. The van der Waals surface area contributed by atoms with Gasteiger partial charge < -0.3 is 20.2 Å². The molecule has 8 nitrogen and oxygen atoms in total. The van der Waals surface area contributed by atoms with Gasteiger partial charge in [-0.05, 0) is 62.2 Å². The number of hydrogen-bond acceptors (Lipinski definition) is 7. The van der Waals surface area contributed by atoms with Gasteiger partial charge in [0.1, 0.15) is 11.4 Å². The molecule has 4 aromatic rings. The van der Waals surface area contributed by atoms with Crippen LogP contribution >= 0.6 is 0 Å². The topological polar surface area (TPSA) is 82.3 Å². The van der Waals surface area contributed by atoms with Crippen molar-refractivity contribution in [3.63, 3.8) is 0 Å². The molecule has 0 bridgehead atoms. The van der Waals surface area contributed by atoms with Crippen molar-refractivity contribution in [1.82, 2.24) is 24.4 Å². The van der Waals surface area contributed by atoms with Crippen LogP contribution in [0.3, 0.4) is 0 Å². The summed E-state index contributed by atoms with van der Waals surface area (Å²) in [7, 11) is 2.15. The van der Waals surface area contributed by atoms with Gasteiger partial charge in [0.25, 0.3) is 0 Å². The Morgan fingerprint density at radius 3 is 2.58 bits per heavy atom. The third-order valence-corrected chi connectivity index (χ3v) is 7.53. The Morgan fingerprint density at radius 2 is 1.83 bits per heavy atom. The average molecular weight is 488 g/mol. The molecule has 186 valence electrons. The number of halogens is 1. The number of nitrogens with zero attached hydrogens (tertiary/aromatic N) is 6. The van der Waals surface area contributed by atoms with Crippen molar-refractivity contribution in [2.24, 2.45) is 0 Å². The highest BCUT2D eigenvalue weighted by atomic mass is 19.1. The quantitative estimate of drug-likeness (QED) is 0.440. The molecule has 1 aliphatic heterocycles. The molecule has 3 aromatic heterocycles. The van der Waals surface area contributed by atoms with Crippen LogP contribution < -0.4 is 10.2 Å². The Balaban J connectivity index is 1.28. The van der Waals surface area contributed by atoms with E-state index in [1.54, 1.807) is 4.57 Å². The summed E-state index contributed by atoms with van der Waals surface area (Å²) in [4.78, 5) is 18.4. The number of pyridine rings is 1. The second-order valence-electron chi connectivity index (χ2n) is 9.80. The minimum Gasteiger partial charge on any atom is -0.384 e. The average Bonchev–Trinajstić information content (AvgIpc) is 3.41. The van der Waals surface area contributed by atoms with Crippen LogP contribution in [0, 0.1) is 5.82 Å². The van der Waals surface area contributed by atoms with E-state index in [1.165, 1.54) is 18.1 Å². The number of likely N-dealkylation sites (N-methyl/N-ethyl adjacent to an activating group) is 1. The summed E-state index contributed by atoms with van der Waals surface area (Å²) in [5.74, 6) is 0.485. The first-order chi connectivity index (χ1) is 17.4. The summed E-state index contributed by atoms with van der Waals surface area (Å²) >= 11 is 0. The molecule has 1 aliphatic carbocycles. The van der Waals surface area contributed by atoms with Gasteiger partial charge in [0, 0.05) is 49.9 Å². The van der Waals surface area contributed by atoms with Crippen LogP contribution in [0.5, 0.6) is 0 Å². The van der Waals surface area contributed by atoms with Gasteiger partial charge in [0.05, 0.1) is 11.1 Å². The van der Waals surface area contributed by atoms with Crippen molar-refractivity contribution in [2.75, 3.05) is 43.4 Å². The van der Waals surface area contributed by atoms with Gasteiger partial charge in [-0.2, -0.15) is 4.98 Å². The molecule has 0 spiro atoms. The highest BCUT2D eigenvalue weighted by Gasteiger charge is 2.37. The normalized spacial score (nSPS) is 20.2. The lowest BCUT2D eigenvalue weighted by Crippen LogP contribution is -2.44. The number of nitrogens with one attached hydrogen (secondary N) is 1. The second kappa shape index (κ2) is 8.83. The fourth-order valence-electron chi connectivity index (χ4n) is 5.17. The molecule has 4 heterocycles. The zero-order valence-corrected chi connectivity index (χ0v) is 20.6. The number of fused-ring (bicyclic) bond motifs is 2. The lowest BCUT2D eigenvalue weighted by molar-refractivity contribution is 0.0306. The van der Waals surface area contributed by atoms with E-state index in [0.717, 1.165) is 43.9 Å². The van der Waals surface area contributed by atoms with E-state index in [1.807, 2.05) is 31.2 Å². The summed E-state index contributed by atoms with van der Waals surface area (Å²) in [5, 5.41) is 14.5. The van der Waals surface area contributed by atoms with Gasteiger partial charge in [-0.15, -0.1) is 0 Å². The van der Waals surface area contributed by atoms with E-state index in [4.69, 9.17) is 4.98 Å². The third kappa shape index (κ3) is 3.98. The Labute approximate surface area is 209 Å². The first kappa shape index (κ1) is 22.9. The number of aromatic nitrogens is 4. The summed E-state index contributed by atoms with van der Waals surface area (Å²) in [6, 6.07) is 12.0. The molecule has 0 saturated carbocycles. The molecule has 0 radical (unpaired) electrons. The molecule has 1 aromatic carbocycles. The van der Waals surface area contributed by atoms with Crippen LogP contribution in [0.15, 0.2) is 48.8 Å². The van der Waals surface area contributed by atoms with E-state index in [-0.39, 0.29) is 0 Å². The van der Waals surface area contributed by atoms with Gasteiger partial charge in [0.15, 0.2) is 11.5 Å². The maximum absolute atomic E-state index is 14.8. The highest BCUT2D eigenvalue weighted by molar-refractivity contribution is 5.79. The van der Waals surface area contributed by atoms with Crippen molar-refractivity contribution in [3.05, 3.63) is 65.9 Å². The fourth-order valence-corrected chi connectivity index (χ4v) is 5.17. The molecule has 1 atom stereocenters. The lowest BCUT2D eigenvalue weighted by Gasteiger charge is -2.34. The number of piperazine rings is 1. The Kier molecular flexibility index (Phi) is 5.61. The number of benzene rings is 1. The van der Waals surface area contributed by atoms with Gasteiger partial charge >= 0.3 is 0 Å². The molecule has 36 heavy (non-hydrogen) atoms. The van der Waals surface area contributed by atoms with Crippen LogP contribution in [-0.2, 0) is 12.0 Å². The van der Waals surface area contributed by atoms with Crippen LogP contribution in [0.1, 0.15) is 31.0 Å². The van der Waals surface area contributed by atoms with Gasteiger partial charge in [-0.1, -0.05) is 13.0 Å². The zero-order valence-electron chi connectivity index (χ0n) is 20.6. The first-order valence-corrected chi connectivity index (χ1v) is 12.5. The molecule has 6 rings (SSSR count). The highest BCUT2D eigenvalue weighted by Crippen LogP contribution is 2.38. The predicted molar refractivity (Wildman–Crippen MR) is 139 cm³/mol. The maximum atomic E-state index is 14.8. The van der Waals surface area contributed by atoms with Crippen LogP contribution in [-0.4, -0.2) is 62.8 Å². The zero-order chi connectivity index (χ0) is 24.9. The fraction of sp³-hybridized carbons (Fsp3) is 0.370. The Bertz CT molecular complexity index is 1410. The van der Waals surface area contributed by atoms with Crippen molar-refractivity contribution in [3.8, 4) is 5.82 Å². The van der Waals surface area contributed by atoms with E-state index in [2.05, 4.69) is 44.3 Å². The van der Waals surface area contributed by atoms with Crippen molar-refractivity contribution in [1.29, 1.82) is 0 Å². The molecule has 1 saturated heterocycles. The number of anilines is 3. The van der Waals surface area contributed by atoms with Gasteiger partial charge in [-0.25, -0.2) is 14.4 Å². The summed E-state index contributed by atoms with van der Waals surface area (Å²) in [6.07, 6.45) is 4.89. The number of aryl methyl sites for hydroxylation is 1. The van der Waals surface area contributed by atoms with E-state index >= 15 is 0 Å². The molecular formula is C27H30FN7O. The molecule has 2 aliphatic rings. The molecule has 2 N–H and O–H groups in total. The molecular weight excluding hydrogens is 457 g/mol. The molecule has 1 unspecified atom stereocenters. The van der Waals surface area contributed by atoms with Gasteiger partial charge in [0.2, 0.25) is 5.95 Å². The monoisotopic (exact) mass is 487 g/mol. The number of hydrogen-bond donors (Lipinski definition) is 2. The van der Waals surface area contributed by atoms with Crippen LogP contribution in [0.2, 0.25) is 0 Å². The standard InChI is InChI=1S/C27H30FN7O/c1-3-27(36)11-10-18-4-9-23(31-24(18)27)35-17-22(28)21-16-29-26(32-25(21)35)30-19-5-7-20(8-6-19)34-14-12-33(2)13-15-34/h4-9,16-17,36H,3,10-15H2,1-2H3,(H,29,30,32). The molecule has 1 fully saturated rings. The SMILES string of the molecule is CCC1(O)CCc2ccc(-n3cc(F)c4cnc(Nc5ccc(N6CCN(C)CC6)cc5)nc43)nc21. The van der Waals surface area contributed by atoms with Crippen molar-refractivity contribution >= 4 is 28.4 Å². The summed E-state index contributed by atoms with van der Waals surface area (Å²) in [5.41, 5.74) is 3.24. The molecule has 0 amide bonds. The largest absolute Gasteiger partial charge is 0.384 e. The Morgan fingerprint density at radius 1 is 1.06 bits per heavy atom. The Hall–Kier alpha value is -3.56. The van der Waals surface area contributed by atoms with E-state index in [0.29, 0.717) is 41.3 Å². The maximum Gasteiger partial charge on any atom is 0.229 e. The number of aliphatic hydroxyl groups is 1. The summed E-state index contributed by atoms with van der Waals surface area (Å²) in [6.45, 7) is 6.09. The molecule has 9 heteroatoms. The van der Waals surface area contributed by atoms with Crippen LogP contribution in [0.4, 0.5) is 21.7 Å². The minimum absolute atomic E-state index is 0.319. The second-order valence-corrected chi connectivity index (χ2v) is 9.80. The predicted octanol–water partition coefficient (Wildman–Crippen LogP) is 3.99. The minimum atomic E-state index is -0.940. The summed E-state index contributed by atoms with van der Waals surface area (Å²) < 4.78 is 16.4. The van der Waals surface area contributed by atoms with Gasteiger partial charge in [-0.3, -0.25) is 4.57 Å². The van der Waals surface area contributed by atoms with Crippen molar-refractivity contribution in [2.45, 2.75) is 31.8 Å². The van der Waals surface area contributed by atoms with Crippen LogP contribution in [0.25, 0.3) is 16.9 Å². The third-order valence-electron chi connectivity index (χ3n) is 7.53. The number of rotatable bonds is 5. The van der Waals surface area contributed by atoms with E-state index < -0.39 is 11.4 Å². The van der Waals surface area contributed by atoms with Crippen molar-refractivity contribution < 1.29 is 9.50 Å². The lowest BCUT2D eigenvalue weighted by atomic mass is 9.98. The first-order valence-electron chi connectivity index (χ1n) is 12.5.